The van der Waals surface area contributed by atoms with Crippen LogP contribution in [-0.4, -0.2) is 27.3 Å². The number of nitrogens with zero attached hydrogens (tertiary/aromatic N) is 3. The topological polar surface area (TPSA) is 57.0 Å². The van der Waals surface area contributed by atoms with Crippen molar-refractivity contribution in [3.8, 4) is 0 Å². The molecule has 1 aliphatic rings. The van der Waals surface area contributed by atoms with E-state index in [0.29, 0.717) is 18.5 Å². The van der Waals surface area contributed by atoms with E-state index < -0.39 is 0 Å². The molecule has 5 heteroatoms. The van der Waals surface area contributed by atoms with Crippen LogP contribution in [0, 0.1) is 12.8 Å². The number of hydrogen-bond acceptors (Lipinski definition) is 4. The highest BCUT2D eigenvalue weighted by atomic mass is 16.5. The number of ether oxygens (including phenoxy) is 1. The standard InChI is InChI=1S/C14H23N3O2/c1-4-19-14(18)13-16-15-11(3)17(13)12-7-5-6-10(2)8-9-12/h10,12H,4-9H2,1-3H3. The zero-order valence-electron chi connectivity index (χ0n) is 12.1. The second kappa shape index (κ2) is 6.17. The zero-order valence-corrected chi connectivity index (χ0v) is 12.1. The third-order valence-electron chi connectivity index (χ3n) is 3.92. The molecule has 1 saturated carbocycles. The second-order valence-electron chi connectivity index (χ2n) is 5.43. The molecule has 1 heterocycles. The first-order chi connectivity index (χ1) is 9.13. The Morgan fingerprint density at radius 3 is 2.84 bits per heavy atom. The maximum Gasteiger partial charge on any atom is 0.376 e. The van der Waals surface area contributed by atoms with E-state index >= 15 is 0 Å². The molecular weight excluding hydrogens is 242 g/mol. The molecular formula is C14H23N3O2. The molecule has 1 aromatic heterocycles. The largest absolute Gasteiger partial charge is 0.460 e. The quantitative estimate of drug-likeness (QED) is 0.623. The summed E-state index contributed by atoms with van der Waals surface area (Å²) in [5, 5.41) is 8.05. The van der Waals surface area contributed by atoms with Crippen LogP contribution in [-0.2, 0) is 4.74 Å². The number of esters is 1. The van der Waals surface area contributed by atoms with Crippen LogP contribution in [0.15, 0.2) is 0 Å². The van der Waals surface area contributed by atoms with Crippen LogP contribution in [0.3, 0.4) is 0 Å². The molecule has 0 aromatic carbocycles. The lowest BCUT2D eigenvalue weighted by Crippen LogP contribution is -2.19. The Kier molecular flexibility index (Phi) is 4.56. The molecule has 1 aliphatic carbocycles. The van der Waals surface area contributed by atoms with Crippen molar-refractivity contribution in [3.05, 3.63) is 11.6 Å². The average Bonchev–Trinajstić information content (AvgIpc) is 2.63. The summed E-state index contributed by atoms with van der Waals surface area (Å²) < 4.78 is 7.05. The van der Waals surface area contributed by atoms with Gasteiger partial charge in [-0.3, -0.25) is 0 Å². The number of rotatable bonds is 3. The fourth-order valence-electron chi connectivity index (χ4n) is 2.87. The van der Waals surface area contributed by atoms with Gasteiger partial charge in [0.1, 0.15) is 5.82 Å². The Balaban J connectivity index is 2.23. The summed E-state index contributed by atoms with van der Waals surface area (Å²) in [7, 11) is 0. The van der Waals surface area contributed by atoms with Gasteiger partial charge in [0.25, 0.3) is 0 Å². The lowest BCUT2D eigenvalue weighted by molar-refractivity contribution is 0.0502. The minimum absolute atomic E-state index is 0.333. The first-order valence-corrected chi connectivity index (χ1v) is 7.22. The summed E-state index contributed by atoms with van der Waals surface area (Å²) in [5.74, 6) is 1.58. The summed E-state index contributed by atoms with van der Waals surface area (Å²) in [4.78, 5) is 11.9. The molecule has 1 aromatic rings. The van der Waals surface area contributed by atoms with Crippen molar-refractivity contribution < 1.29 is 9.53 Å². The average molecular weight is 265 g/mol. The van der Waals surface area contributed by atoms with Crippen LogP contribution in [0.25, 0.3) is 0 Å². The van der Waals surface area contributed by atoms with Gasteiger partial charge >= 0.3 is 5.97 Å². The molecule has 1 fully saturated rings. The van der Waals surface area contributed by atoms with Crippen molar-refractivity contribution in [2.75, 3.05) is 6.61 Å². The van der Waals surface area contributed by atoms with Crippen LogP contribution in [0.4, 0.5) is 0 Å². The van der Waals surface area contributed by atoms with Gasteiger partial charge in [0, 0.05) is 6.04 Å². The minimum atomic E-state index is -0.361. The van der Waals surface area contributed by atoms with Gasteiger partial charge < -0.3 is 9.30 Å². The summed E-state index contributed by atoms with van der Waals surface area (Å²) in [5.41, 5.74) is 0. The summed E-state index contributed by atoms with van der Waals surface area (Å²) >= 11 is 0. The predicted octanol–water partition coefficient (Wildman–Crippen LogP) is 2.90. The minimum Gasteiger partial charge on any atom is -0.460 e. The van der Waals surface area contributed by atoms with Gasteiger partial charge in [-0.1, -0.05) is 19.8 Å². The highest BCUT2D eigenvalue weighted by molar-refractivity contribution is 5.85. The van der Waals surface area contributed by atoms with E-state index in [4.69, 9.17) is 4.74 Å². The first kappa shape index (κ1) is 14.0. The summed E-state index contributed by atoms with van der Waals surface area (Å²) in [6.07, 6.45) is 5.85. The molecule has 0 bridgehead atoms. The van der Waals surface area contributed by atoms with Crippen LogP contribution < -0.4 is 0 Å². The van der Waals surface area contributed by atoms with Crippen LogP contribution in [0.1, 0.15) is 68.4 Å². The van der Waals surface area contributed by atoms with Gasteiger partial charge in [0.05, 0.1) is 6.61 Å². The Morgan fingerprint density at radius 1 is 1.32 bits per heavy atom. The van der Waals surface area contributed by atoms with E-state index in [1.807, 2.05) is 11.5 Å². The Labute approximate surface area is 114 Å². The highest BCUT2D eigenvalue weighted by Gasteiger charge is 2.25. The molecule has 0 amide bonds. The molecule has 0 aliphatic heterocycles. The van der Waals surface area contributed by atoms with Gasteiger partial charge in [-0.25, -0.2) is 4.79 Å². The van der Waals surface area contributed by atoms with Crippen molar-refractivity contribution in [2.24, 2.45) is 5.92 Å². The van der Waals surface area contributed by atoms with Crippen molar-refractivity contribution in [1.82, 2.24) is 14.8 Å². The van der Waals surface area contributed by atoms with Gasteiger partial charge in [0.15, 0.2) is 0 Å². The monoisotopic (exact) mass is 265 g/mol. The van der Waals surface area contributed by atoms with Gasteiger partial charge in [-0.05, 0) is 39.0 Å². The highest BCUT2D eigenvalue weighted by Crippen LogP contribution is 2.31. The zero-order chi connectivity index (χ0) is 13.8. The molecule has 2 unspecified atom stereocenters. The molecule has 5 nitrogen and oxygen atoms in total. The number of aryl methyl sites for hydroxylation is 1. The first-order valence-electron chi connectivity index (χ1n) is 7.22. The van der Waals surface area contributed by atoms with Gasteiger partial charge in [-0.15, -0.1) is 10.2 Å². The van der Waals surface area contributed by atoms with Crippen molar-refractivity contribution >= 4 is 5.97 Å². The molecule has 0 N–H and O–H groups in total. The van der Waals surface area contributed by atoms with Gasteiger partial charge in [0.2, 0.25) is 5.82 Å². The third-order valence-corrected chi connectivity index (χ3v) is 3.92. The van der Waals surface area contributed by atoms with Crippen molar-refractivity contribution in [1.29, 1.82) is 0 Å². The smallest absolute Gasteiger partial charge is 0.376 e. The van der Waals surface area contributed by atoms with E-state index in [1.165, 1.54) is 19.3 Å². The van der Waals surface area contributed by atoms with E-state index in [0.717, 1.165) is 24.6 Å². The van der Waals surface area contributed by atoms with Crippen molar-refractivity contribution in [3.63, 3.8) is 0 Å². The molecule has 0 radical (unpaired) electrons. The van der Waals surface area contributed by atoms with E-state index in [2.05, 4.69) is 17.1 Å². The third kappa shape index (κ3) is 3.14. The maximum atomic E-state index is 11.9. The molecule has 0 saturated heterocycles. The normalized spacial score (nSPS) is 23.9. The number of hydrogen-bond donors (Lipinski definition) is 0. The Bertz CT molecular complexity index is 442. The SMILES string of the molecule is CCOC(=O)c1nnc(C)n1C1CCCC(C)CC1. The van der Waals surface area contributed by atoms with Crippen LogP contribution in [0.5, 0.6) is 0 Å². The lowest BCUT2D eigenvalue weighted by Gasteiger charge is -2.19. The summed E-state index contributed by atoms with van der Waals surface area (Å²) in [6.45, 7) is 6.38. The molecule has 2 atom stereocenters. The number of aromatic nitrogens is 3. The Hall–Kier alpha value is -1.39. The number of carbonyl (C=O) groups is 1. The fraction of sp³-hybridized carbons (Fsp3) is 0.786. The van der Waals surface area contributed by atoms with E-state index in [-0.39, 0.29) is 5.97 Å². The lowest BCUT2D eigenvalue weighted by atomic mass is 10.0. The number of carbonyl (C=O) groups excluding carboxylic acids is 1. The van der Waals surface area contributed by atoms with Crippen LogP contribution in [0.2, 0.25) is 0 Å². The van der Waals surface area contributed by atoms with E-state index in [9.17, 15) is 4.79 Å². The fourth-order valence-corrected chi connectivity index (χ4v) is 2.87. The molecule has 106 valence electrons. The van der Waals surface area contributed by atoms with Crippen LogP contribution >= 0.6 is 0 Å². The predicted molar refractivity (Wildman–Crippen MR) is 72.0 cm³/mol. The molecule has 2 rings (SSSR count). The second-order valence-corrected chi connectivity index (χ2v) is 5.43. The Morgan fingerprint density at radius 2 is 2.11 bits per heavy atom. The van der Waals surface area contributed by atoms with Crippen molar-refractivity contribution in [2.45, 2.75) is 58.9 Å². The molecule has 0 spiro atoms. The molecule has 19 heavy (non-hydrogen) atoms. The maximum absolute atomic E-state index is 11.9. The summed E-state index contributed by atoms with van der Waals surface area (Å²) in [6, 6.07) is 0.333. The van der Waals surface area contributed by atoms with Gasteiger partial charge in [-0.2, -0.15) is 0 Å². The van der Waals surface area contributed by atoms with E-state index in [1.54, 1.807) is 6.92 Å².